The highest BCUT2D eigenvalue weighted by Gasteiger charge is 2.31. The molecule has 0 aromatic rings. The summed E-state index contributed by atoms with van der Waals surface area (Å²) in [6.07, 6.45) is 5.16. The molecule has 0 amide bonds. The van der Waals surface area contributed by atoms with Crippen molar-refractivity contribution in [2.45, 2.75) is 46.0 Å². The molecule has 0 spiro atoms. The van der Waals surface area contributed by atoms with E-state index in [1.54, 1.807) is 11.4 Å². The van der Waals surface area contributed by atoms with Crippen LogP contribution in [0, 0.1) is 5.92 Å². The highest BCUT2D eigenvalue weighted by Crippen LogP contribution is 2.20. The van der Waals surface area contributed by atoms with Crippen molar-refractivity contribution < 1.29 is 8.42 Å². The maximum absolute atomic E-state index is 12.5. The molecule has 1 fully saturated rings. The first-order valence-electron chi connectivity index (χ1n) is 7.94. The van der Waals surface area contributed by atoms with E-state index in [1.807, 2.05) is 0 Å². The SMILES string of the molecule is CCCCN(C)S(=O)(=O)N1CCCC(CNCCC)C1. The van der Waals surface area contributed by atoms with E-state index in [4.69, 9.17) is 0 Å². The molecule has 120 valence electrons. The van der Waals surface area contributed by atoms with E-state index in [0.29, 0.717) is 25.6 Å². The van der Waals surface area contributed by atoms with Gasteiger partial charge in [0.1, 0.15) is 0 Å². The van der Waals surface area contributed by atoms with Gasteiger partial charge in [-0.2, -0.15) is 17.0 Å². The Balaban J connectivity index is 2.52. The second-order valence-electron chi connectivity index (χ2n) is 5.75. The zero-order chi connectivity index (χ0) is 15.0. The van der Waals surface area contributed by atoms with E-state index in [9.17, 15) is 8.42 Å². The first-order chi connectivity index (χ1) is 9.52. The van der Waals surface area contributed by atoms with Gasteiger partial charge < -0.3 is 5.32 Å². The number of rotatable bonds is 9. The second kappa shape index (κ2) is 8.97. The number of nitrogens with one attached hydrogen (secondary N) is 1. The molecule has 5 nitrogen and oxygen atoms in total. The molecule has 20 heavy (non-hydrogen) atoms. The molecule has 0 bridgehead atoms. The fourth-order valence-corrected chi connectivity index (χ4v) is 4.09. The highest BCUT2D eigenvalue weighted by molar-refractivity contribution is 7.86. The van der Waals surface area contributed by atoms with Gasteiger partial charge in [0.05, 0.1) is 0 Å². The smallest absolute Gasteiger partial charge is 0.281 e. The normalized spacial score (nSPS) is 21.5. The third-order valence-corrected chi connectivity index (χ3v) is 5.84. The summed E-state index contributed by atoms with van der Waals surface area (Å²) < 4.78 is 28.2. The van der Waals surface area contributed by atoms with Crippen LogP contribution in [0.15, 0.2) is 0 Å². The van der Waals surface area contributed by atoms with E-state index >= 15 is 0 Å². The summed E-state index contributed by atoms with van der Waals surface area (Å²) in [5.74, 6) is 0.449. The van der Waals surface area contributed by atoms with Gasteiger partial charge in [0.25, 0.3) is 10.2 Å². The van der Waals surface area contributed by atoms with Gasteiger partial charge in [-0.3, -0.25) is 0 Å². The van der Waals surface area contributed by atoms with Gasteiger partial charge in [-0.15, -0.1) is 0 Å². The van der Waals surface area contributed by atoms with Crippen LogP contribution in [0.1, 0.15) is 46.0 Å². The van der Waals surface area contributed by atoms with Crippen molar-refractivity contribution in [2.75, 3.05) is 39.8 Å². The minimum Gasteiger partial charge on any atom is -0.316 e. The Morgan fingerprint density at radius 2 is 2.05 bits per heavy atom. The van der Waals surface area contributed by atoms with E-state index in [2.05, 4.69) is 19.2 Å². The Morgan fingerprint density at radius 3 is 2.70 bits per heavy atom. The number of hydrogen-bond donors (Lipinski definition) is 1. The van der Waals surface area contributed by atoms with Gasteiger partial charge in [0, 0.05) is 26.7 Å². The van der Waals surface area contributed by atoms with E-state index in [1.165, 1.54) is 4.31 Å². The lowest BCUT2D eigenvalue weighted by Gasteiger charge is -2.34. The Labute approximate surface area is 124 Å². The summed E-state index contributed by atoms with van der Waals surface area (Å²) in [4.78, 5) is 0. The maximum atomic E-state index is 12.5. The van der Waals surface area contributed by atoms with Crippen molar-refractivity contribution in [1.29, 1.82) is 0 Å². The largest absolute Gasteiger partial charge is 0.316 e. The molecule has 0 aromatic carbocycles. The average molecular weight is 305 g/mol. The Hall–Kier alpha value is -0.170. The topological polar surface area (TPSA) is 52.7 Å². The van der Waals surface area contributed by atoms with Crippen LogP contribution in [0.25, 0.3) is 0 Å². The van der Waals surface area contributed by atoms with Crippen LogP contribution in [0.4, 0.5) is 0 Å². The molecule has 1 rings (SSSR count). The molecule has 6 heteroatoms. The molecular formula is C14H31N3O2S. The molecule has 0 aliphatic carbocycles. The summed E-state index contributed by atoms with van der Waals surface area (Å²) in [6, 6.07) is 0. The van der Waals surface area contributed by atoms with Gasteiger partial charge in [0.2, 0.25) is 0 Å². The fourth-order valence-electron chi connectivity index (χ4n) is 2.58. The molecule has 1 atom stereocenters. The molecule has 1 N–H and O–H groups in total. The number of nitrogens with zero attached hydrogens (tertiary/aromatic N) is 2. The first-order valence-corrected chi connectivity index (χ1v) is 9.34. The van der Waals surface area contributed by atoms with Crippen molar-refractivity contribution in [2.24, 2.45) is 5.92 Å². The molecule has 1 heterocycles. The lowest BCUT2D eigenvalue weighted by atomic mass is 10.00. The van der Waals surface area contributed by atoms with Gasteiger partial charge in [0.15, 0.2) is 0 Å². The molecule has 0 radical (unpaired) electrons. The van der Waals surface area contributed by atoms with Gasteiger partial charge in [-0.1, -0.05) is 20.3 Å². The molecule has 0 saturated carbocycles. The minimum absolute atomic E-state index is 0.449. The predicted octanol–water partition coefficient (Wildman–Crippen LogP) is 1.67. The van der Waals surface area contributed by atoms with Crippen LogP contribution in [0.5, 0.6) is 0 Å². The summed E-state index contributed by atoms with van der Waals surface area (Å²) in [5, 5.41) is 3.41. The lowest BCUT2D eigenvalue weighted by molar-refractivity contribution is 0.246. The molecule has 1 aliphatic heterocycles. The zero-order valence-electron chi connectivity index (χ0n) is 13.3. The molecule has 1 unspecified atom stereocenters. The third kappa shape index (κ3) is 5.31. The van der Waals surface area contributed by atoms with Crippen LogP contribution in [0.2, 0.25) is 0 Å². The zero-order valence-corrected chi connectivity index (χ0v) is 14.1. The Morgan fingerprint density at radius 1 is 1.30 bits per heavy atom. The summed E-state index contributed by atoms with van der Waals surface area (Å²) in [5.41, 5.74) is 0. The van der Waals surface area contributed by atoms with Crippen LogP contribution in [0.3, 0.4) is 0 Å². The maximum Gasteiger partial charge on any atom is 0.281 e. The van der Waals surface area contributed by atoms with Crippen molar-refractivity contribution in [3.63, 3.8) is 0 Å². The number of unbranched alkanes of at least 4 members (excludes halogenated alkanes) is 1. The van der Waals surface area contributed by atoms with Gasteiger partial charge >= 0.3 is 0 Å². The summed E-state index contributed by atoms with van der Waals surface area (Å²) >= 11 is 0. The highest BCUT2D eigenvalue weighted by atomic mass is 32.2. The van der Waals surface area contributed by atoms with Crippen molar-refractivity contribution in [1.82, 2.24) is 13.9 Å². The summed E-state index contributed by atoms with van der Waals surface area (Å²) in [7, 11) is -1.56. The van der Waals surface area contributed by atoms with E-state index < -0.39 is 10.2 Å². The van der Waals surface area contributed by atoms with Crippen molar-refractivity contribution >= 4 is 10.2 Å². The van der Waals surface area contributed by atoms with E-state index in [0.717, 1.165) is 45.2 Å². The quantitative estimate of drug-likeness (QED) is 0.659. The number of hydrogen-bond acceptors (Lipinski definition) is 3. The molecule has 1 saturated heterocycles. The summed E-state index contributed by atoms with van der Waals surface area (Å²) in [6.45, 7) is 8.12. The molecule has 1 aliphatic rings. The molecule has 0 aromatic heterocycles. The van der Waals surface area contributed by atoms with Crippen molar-refractivity contribution in [3.05, 3.63) is 0 Å². The monoisotopic (exact) mass is 305 g/mol. The Bertz CT molecular complexity index is 359. The minimum atomic E-state index is -3.26. The molecular weight excluding hydrogens is 274 g/mol. The number of piperidine rings is 1. The average Bonchev–Trinajstić information content (AvgIpc) is 2.45. The predicted molar refractivity (Wildman–Crippen MR) is 83.9 cm³/mol. The first kappa shape index (κ1) is 17.9. The van der Waals surface area contributed by atoms with Crippen molar-refractivity contribution in [3.8, 4) is 0 Å². The second-order valence-corrected chi connectivity index (χ2v) is 7.79. The van der Waals surface area contributed by atoms with Gasteiger partial charge in [-0.05, 0) is 44.7 Å². The standard InChI is InChI=1S/C14H31N3O2S/c1-4-6-10-16(3)20(18,19)17-11-7-8-14(13-17)12-15-9-5-2/h14-15H,4-13H2,1-3H3. The van der Waals surface area contributed by atoms with Crippen LogP contribution < -0.4 is 5.32 Å². The Kier molecular flexibility index (Phi) is 8.02. The van der Waals surface area contributed by atoms with Gasteiger partial charge in [-0.25, -0.2) is 0 Å². The third-order valence-electron chi connectivity index (χ3n) is 3.89. The fraction of sp³-hybridized carbons (Fsp3) is 1.00. The van der Waals surface area contributed by atoms with Crippen LogP contribution in [-0.2, 0) is 10.2 Å². The van der Waals surface area contributed by atoms with Crippen LogP contribution >= 0.6 is 0 Å². The lowest BCUT2D eigenvalue weighted by Crippen LogP contribution is -2.48. The van der Waals surface area contributed by atoms with Crippen LogP contribution in [-0.4, -0.2) is 56.8 Å². The van der Waals surface area contributed by atoms with E-state index in [-0.39, 0.29) is 0 Å².